The number of rotatable bonds is 2. The lowest BCUT2D eigenvalue weighted by molar-refractivity contribution is -0.115. The molecular formula is C15H16N5O3-. The fourth-order valence-electron chi connectivity index (χ4n) is 2.32. The summed E-state index contributed by atoms with van der Waals surface area (Å²) in [4.78, 5) is 24.1. The highest BCUT2D eigenvalue weighted by Gasteiger charge is 2.22. The monoisotopic (exact) mass is 314 g/mol. The van der Waals surface area contributed by atoms with E-state index in [-0.39, 0.29) is 18.2 Å². The SMILES string of the molecule is Cc1nc(C(C)(C)O)ccc1-c1cnc2c(n1)N([O-])CC(=O)N2. The summed E-state index contributed by atoms with van der Waals surface area (Å²) in [6, 6.07) is 3.49. The van der Waals surface area contributed by atoms with Gasteiger partial charge in [-0.2, -0.15) is 0 Å². The number of aryl methyl sites for hydroxylation is 1. The number of nitrogens with one attached hydrogen (secondary N) is 1. The number of pyridine rings is 1. The minimum atomic E-state index is -1.04. The number of aromatic nitrogens is 3. The van der Waals surface area contributed by atoms with Gasteiger partial charge in [-0.05, 0) is 32.9 Å². The van der Waals surface area contributed by atoms with E-state index in [4.69, 9.17) is 0 Å². The van der Waals surface area contributed by atoms with Gasteiger partial charge in [0.05, 0.1) is 24.1 Å². The number of hydrogen-bond donors (Lipinski definition) is 2. The third kappa shape index (κ3) is 2.86. The number of hydroxylamine groups is 1. The van der Waals surface area contributed by atoms with Crippen LogP contribution in [0.15, 0.2) is 18.3 Å². The van der Waals surface area contributed by atoms with Gasteiger partial charge >= 0.3 is 0 Å². The largest absolute Gasteiger partial charge is 0.757 e. The van der Waals surface area contributed by atoms with Crippen molar-refractivity contribution in [2.45, 2.75) is 26.4 Å². The van der Waals surface area contributed by atoms with Gasteiger partial charge in [0, 0.05) is 11.3 Å². The van der Waals surface area contributed by atoms with Crippen LogP contribution in [0.3, 0.4) is 0 Å². The molecule has 1 aliphatic rings. The van der Waals surface area contributed by atoms with E-state index in [0.717, 1.165) is 0 Å². The average molecular weight is 314 g/mol. The van der Waals surface area contributed by atoms with E-state index >= 15 is 0 Å². The predicted molar refractivity (Wildman–Crippen MR) is 84.6 cm³/mol. The number of anilines is 2. The summed E-state index contributed by atoms with van der Waals surface area (Å²) >= 11 is 0. The molecule has 3 heterocycles. The maximum absolute atomic E-state index is 11.9. The molecule has 0 saturated carbocycles. The van der Waals surface area contributed by atoms with E-state index in [1.165, 1.54) is 6.20 Å². The lowest BCUT2D eigenvalue weighted by Crippen LogP contribution is -2.35. The van der Waals surface area contributed by atoms with Gasteiger partial charge in [0.25, 0.3) is 0 Å². The average Bonchev–Trinajstić information content (AvgIpc) is 2.46. The van der Waals surface area contributed by atoms with Crippen LogP contribution in [0.4, 0.5) is 11.6 Å². The van der Waals surface area contributed by atoms with Gasteiger partial charge in [-0.3, -0.25) is 9.78 Å². The minimum Gasteiger partial charge on any atom is -0.757 e. The normalized spacial score (nSPS) is 14.5. The third-order valence-electron chi connectivity index (χ3n) is 3.52. The zero-order valence-electron chi connectivity index (χ0n) is 13.0. The summed E-state index contributed by atoms with van der Waals surface area (Å²) in [5.41, 5.74) is 1.35. The van der Waals surface area contributed by atoms with E-state index in [9.17, 15) is 15.1 Å². The van der Waals surface area contributed by atoms with Crippen molar-refractivity contribution < 1.29 is 9.90 Å². The molecular weight excluding hydrogens is 298 g/mol. The van der Waals surface area contributed by atoms with Crippen LogP contribution in [0.2, 0.25) is 0 Å². The first kappa shape index (κ1) is 15.3. The van der Waals surface area contributed by atoms with Gasteiger partial charge in [-0.15, -0.1) is 0 Å². The molecule has 0 saturated heterocycles. The summed E-state index contributed by atoms with van der Waals surface area (Å²) in [6.45, 7) is 4.80. The van der Waals surface area contributed by atoms with Gasteiger partial charge in [-0.1, -0.05) is 0 Å². The number of aliphatic hydroxyl groups is 1. The Labute approximate surface area is 132 Å². The molecule has 8 nitrogen and oxygen atoms in total. The van der Waals surface area contributed by atoms with Crippen molar-refractivity contribution in [3.8, 4) is 11.3 Å². The molecule has 0 bridgehead atoms. The Morgan fingerprint density at radius 3 is 2.74 bits per heavy atom. The highest BCUT2D eigenvalue weighted by atomic mass is 16.5. The number of hydrogen-bond acceptors (Lipinski definition) is 7. The molecule has 0 unspecified atom stereocenters. The van der Waals surface area contributed by atoms with Gasteiger partial charge in [0.2, 0.25) is 5.91 Å². The maximum atomic E-state index is 11.9. The molecule has 2 N–H and O–H groups in total. The molecule has 120 valence electrons. The lowest BCUT2D eigenvalue weighted by atomic mass is 10.0. The van der Waals surface area contributed by atoms with Crippen LogP contribution in [-0.2, 0) is 10.4 Å². The van der Waals surface area contributed by atoms with E-state index < -0.39 is 11.5 Å². The summed E-state index contributed by atoms with van der Waals surface area (Å²) in [5.74, 6) is -0.186. The molecule has 1 amide bonds. The van der Waals surface area contributed by atoms with Crippen molar-refractivity contribution in [3.63, 3.8) is 0 Å². The molecule has 0 radical (unpaired) electrons. The van der Waals surface area contributed by atoms with Crippen molar-refractivity contribution >= 4 is 17.5 Å². The maximum Gasteiger partial charge on any atom is 0.244 e. The van der Waals surface area contributed by atoms with Crippen molar-refractivity contribution in [2.24, 2.45) is 0 Å². The summed E-state index contributed by atoms with van der Waals surface area (Å²) in [5, 5.41) is 24.9. The topological polar surface area (TPSA) is 114 Å². The second-order valence-corrected chi connectivity index (χ2v) is 5.90. The zero-order valence-corrected chi connectivity index (χ0v) is 13.0. The fourth-order valence-corrected chi connectivity index (χ4v) is 2.32. The van der Waals surface area contributed by atoms with Crippen LogP contribution in [0.1, 0.15) is 25.2 Å². The van der Waals surface area contributed by atoms with Crippen LogP contribution in [0.5, 0.6) is 0 Å². The molecule has 2 aromatic rings. The van der Waals surface area contributed by atoms with E-state index in [1.54, 1.807) is 32.9 Å². The molecule has 0 aromatic carbocycles. The Balaban J connectivity index is 2.03. The van der Waals surface area contributed by atoms with E-state index in [0.29, 0.717) is 27.7 Å². The highest BCUT2D eigenvalue weighted by Crippen LogP contribution is 2.29. The number of fused-ring (bicyclic) bond motifs is 1. The molecule has 0 atom stereocenters. The van der Waals surface area contributed by atoms with Gasteiger partial charge in [0.1, 0.15) is 5.60 Å². The Bertz CT molecular complexity index is 785. The smallest absolute Gasteiger partial charge is 0.244 e. The molecule has 2 aromatic heterocycles. The number of amides is 1. The molecule has 0 spiro atoms. The molecule has 23 heavy (non-hydrogen) atoms. The van der Waals surface area contributed by atoms with Crippen molar-refractivity contribution in [3.05, 3.63) is 34.9 Å². The lowest BCUT2D eigenvalue weighted by Gasteiger charge is -2.33. The zero-order chi connectivity index (χ0) is 16.8. The van der Waals surface area contributed by atoms with E-state index in [2.05, 4.69) is 20.3 Å². The van der Waals surface area contributed by atoms with Crippen LogP contribution >= 0.6 is 0 Å². The number of carbonyl (C=O) groups excluding carboxylic acids is 1. The van der Waals surface area contributed by atoms with Crippen LogP contribution in [-0.4, -0.2) is 32.5 Å². The second kappa shape index (κ2) is 5.25. The van der Waals surface area contributed by atoms with Gasteiger partial charge in [0.15, 0.2) is 11.6 Å². The Kier molecular flexibility index (Phi) is 3.50. The molecule has 3 rings (SSSR count). The minimum absolute atomic E-state index is 0.0769. The third-order valence-corrected chi connectivity index (χ3v) is 3.52. The molecule has 0 fully saturated rings. The first-order valence-electron chi connectivity index (χ1n) is 7.08. The van der Waals surface area contributed by atoms with Crippen LogP contribution in [0.25, 0.3) is 11.3 Å². The van der Waals surface area contributed by atoms with Crippen molar-refractivity contribution in [1.82, 2.24) is 15.0 Å². The van der Waals surface area contributed by atoms with Crippen molar-refractivity contribution in [1.29, 1.82) is 0 Å². The first-order valence-corrected chi connectivity index (χ1v) is 7.08. The van der Waals surface area contributed by atoms with Crippen molar-refractivity contribution in [2.75, 3.05) is 16.9 Å². The van der Waals surface area contributed by atoms with E-state index in [1.807, 2.05) is 0 Å². The van der Waals surface area contributed by atoms with Crippen LogP contribution in [0, 0.1) is 12.1 Å². The first-order chi connectivity index (χ1) is 10.8. The standard InChI is InChI=1S/C15H16N5O3/c1-8-9(4-5-11(17-8)15(2,3)22)10-6-16-13-14(18-10)20(23)7-12(21)19-13/h4-6,22H,7H2,1-3H3,(H,16,19,21)/q-1. The Morgan fingerprint density at radius 2 is 2.09 bits per heavy atom. The highest BCUT2D eigenvalue weighted by molar-refractivity contribution is 5.99. The molecule has 1 aliphatic heterocycles. The number of carbonyl (C=O) groups is 1. The van der Waals surface area contributed by atoms with Gasteiger partial charge in [-0.25, -0.2) is 9.97 Å². The molecule has 0 aliphatic carbocycles. The van der Waals surface area contributed by atoms with Crippen LogP contribution < -0.4 is 10.4 Å². The molecule has 8 heteroatoms. The van der Waals surface area contributed by atoms with Gasteiger partial charge < -0.3 is 20.7 Å². The quantitative estimate of drug-likeness (QED) is 0.859. The fraction of sp³-hybridized carbons (Fsp3) is 0.333. The summed E-state index contributed by atoms with van der Waals surface area (Å²) in [6.07, 6.45) is 1.48. The number of nitrogens with zero attached hydrogens (tertiary/aromatic N) is 4. The summed E-state index contributed by atoms with van der Waals surface area (Å²) < 4.78 is 0. The predicted octanol–water partition coefficient (Wildman–Crippen LogP) is 1.33. The summed E-state index contributed by atoms with van der Waals surface area (Å²) in [7, 11) is 0. The Morgan fingerprint density at radius 1 is 1.35 bits per heavy atom. The Hall–Kier alpha value is -2.58. The second-order valence-electron chi connectivity index (χ2n) is 5.90.